The summed E-state index contributed by atoms with van der Waals surface area (Å²) in [7, 11) is 0. The molecular formula is C25H30F2N4O3. The fourth-order valence-electron chi connectivity index (χ4n) is 4.23. The molecule has 5 rings (SSSR count). The second-order valence-electron chi connectivity index (χ2n) is 9.38. The highest BCUT2D eigenvalue weighted by atomic mass is 19.3. The van der Waals surface area contributed by atoms with E-state index in [-0.39, 0.29) is 31.2 Å². The van der Waals surface area contributed by atoms with Crippen molar-refractivity contribution in [1.82, 2.24) is 15.2 Å². The maximum atomic E-state index is 13.0. The summed E-state index contributed by atoms with van der Waals surface area (Å²) in [6.07, 6.45) is 3.49. The van der Waals surface area contributed by atoms with Crippen LogP contribution in [-0.4, -0.2) is 60.7 Å². The molecule has 2 aromatic rings. The van der Waals surface area contributed by atoms with Crippen molar-refractivity contribution < 1.29 is 23.0 Å². The molecule has 1 aliphatic carbocycles. The normalized spacial score (nSPS) is 23.7. The average Bonchev–Trinajstić information content (AvgIpc) is 3.15. The number of nitrogens with zero attached hydrogens (tertiary/aromatic N) is 3. The van der Waals surface area contributed by atoms with E-state index in [0.717, 1.165) is 49.6 Å². The molecule has 3 fully saturated rings. The number of halogens is 2. The van der Waals surface area contributed by atoms with Gasteiger partial charge in [-0.05, 0) is 43.2 Å². The van der Waals surface area contributed by atoms with Crippen LogP contribution in [0.15, 0.2) is 42.6 Å². The van der Waals surface area contributed by atoms with Crippen molar-refractivity contribution in [2.24, 2.45) is 5.92 Å². The van der Waals surface area contributed by atoms with Crippen LogP contribution < -0.4 is 19.7 Å². The minimum absolute atomic E-state index is 0.0113. The lowest BCUT2D eigenvalue weighted by atomic mass is 10.1. The molecule has 34 heavy (non-hydrogen) atoms. The summed E-state index contributed by atoms with van der Waals surface area (Å²) in [4.78, 5) is 20.5. The number of nitrogens with one attached hydrogen (secondary N) is 1. The predicted molar refractivity (Wildman–Crippen MR) is 124 cm³/mol. The number of benzene rings is 1. The Morgan fingerprint density at radius 1 is 1.18 bits per heavy atom. The predicted octanol–water partition coefficient (Wildman–Crippen LogP) is 4.25. The molecule has 1 unspecified atom stereocenters. The number of alkyl halides is 2. The highest BCUT2D eigenvalue weighted by Gasteiger charge is 2.57. The summed E-state index contributed by atoms with van der Waals surface area (Å²) in [5.41, 5.74) is 1.03. The first kappa shape index (κ1) is 22.7. The number of amides is 2. The van der Waals surface area contributed by atoms with E-state index in [0.29, 0.717) is 12.3 Å². The van der Waals surface area contributed by atoms with Crippen LogP contribution in [0.5, 0.6) is 11.5 Å². The Morgan fingerprint density at radius 3 is 2.53 bits per heavy atom. The fourth-order valence-corrected chi connectivity index (χ4v) is 4.23. The summed E-state index contributed by atoms with van der Waals surface area (Å²) >= 11 is 0. The third kappa shape index (κ3) is 5.18. The lowest BCUT2D eigenvalue weighted by Crippen LogP contribution is -2.48. The number of urea groups is 1. The van der Waals surface area contributed by atoms with Gasteiger partial charge in [-0.25, -0.2) is 18.6 Å². The van der Waals surface area contributed by atoms with Gasteiger partial charge in [0.2, 0.25) is 0 Å². The standard InChI is InChI=1S/C25H30F2N4O3/c1-17(29-24(32)30-10-2-11-30)18-3-5-20(6-4-18)34-22-9-12-31(15-22)23-8-7-21(14-28-23)33-16-19-13-25(19,26)27/h3-8,14,17,19,22H,2,9-13,15-16H2,1H3,(H,29,32)/t17-,19?,22+/m0/s1. The van der Waals surface area contributed by atoms with Gasteiger partial charge in [0.05, 0.1) is 31.3 Å². The Kier molecular flexibility index (Phi) is 6.18. The quantitative estimate of drug-likeness (QED) is 0.622. The van der Waals surface area contributed by atoms with Gasteiger partial charge in [0, 0.05) is 32.5 Å². The lowest BCUT2D eigenvalue weighted by molar-refractivity contribution is 0.0855. The molecule has 1 N–H and O–H groups in total. The minimum atomic E-state index is -2.57. The van der Waals surface area contributed by atoms with Gasteiger partial charge in [0.15, 0.2) is 0 Å². The zero-order valence-corrected chi connectivity index (χ0v) is 19.3. The molecule has 2 saturated heterocycles. The number of carbonyl (C=O) groups excluding carboxylic acids is 1. The maximum absolute atomic E-state index is 13.0. The van der Waals surface area contributed by atoms with Crippen molar-refractivity contribution >= 4 is 11.8 Å². The molecule has 1 aromatic carbocycles. The number of carbonyl (C=O) groups is 1. The van der Waals surface area contributed by atoms with Crippen LogP contribution in [0.25, 0.3) is 0 Å². The van der Waals surface area contributed by atoms with E-state index in [9.17, 15) is 13.6 Å². The zero-order chi connectivity index (χ0) is 23.7. The molecular weight excluding hydrogens is 442 g/mol. The lowest BCUT2D eigenvalue weighted by Gasteiger charge is -2.32. The fraction of sp³-hybridized carbons (Fsp3) is 0.520. The Labute approximate surface area is 198 Å². The number of likely N-dealkylation sites (tertiary alicyclic amines) is 1. The molecule has 0 spiro atoms. The topological polar surface area (TPSA) is 66.9 Å². The molecule has 0 bridgehead atoms. The summed E-state index contributed by atoms with van der Waals surface area (Å²) in [6.45, 7) is 5.20. The van der Waals surface area contributed by atoms with Crippen LogP contribution in [0.4, 0.5) is 19.4 Å². The van der Waals surface area contributed by atoms with Gasteiger partial charge in [0.1, 0.15) is 23.4 Å². The summed E-state index contributed by atoms with van der Waals surface area (Å²) in [5.74, 6) is -1.12. The van der Waals surface area contributed by atoms with Crippen LogP contribution in [0.1, 0.15) is 37.8 Å². The number of aromatic nitrogens is 1. The molecule has 182 valence electrons. The minimum Gasteiger partial charge on any atom is -0.491 e. The number of pyridine rings is 1. The van der Waals surface area contributed by atoms with Crippen LogP contribution in [0.3, 0.4) is 0 Å². The largest absolute Gasteiger partial charge is 0.491 e. The maximum Gasteiger partial charge on any atom is 0.317 e. The molecule has 0 radical (unpaired) electrons. The molecule has 7 nitrogen and oxygen atoms in total. The SMILES string of the molecule is C[C@H](NC(=O)N1CCC1)c1ccc(O[C@@H]2CCN(c3ccc(OCC4CC4(F)F)cn3)C2)cc1. The molecule has 2 amide bonds. The molecule has 3 aliphatic rings. The Balaban J connectivity index is 1.08. The Hall–Kier alpha value is -3.10. The second-order valence-corrected chi connectivity index (χ2v) is 9.38. The van der Waals surface area contributed by atoms with E-state index < -0.39 is 11.8 Å². The first-order chi connectivity index (χ1) is 16.4. The number of hydrogen-bond acceptors (Lipinski definition) is 5. The smallest absolute Gasteiger partial charge is 0.317 e. The number of ether oxygens (including phenoxy) is 2. The third-order valence-corrected chi connectivity index (χ3v) is 6.76. The van der Waals surface area contributed by atoms with Gasteiger partial charge in [-0.1, -0.05) is 12.1 Å². The van der Waals surface area contributed by atoms with Crippen LogP contribution in [0.2, 0.25) is 0 Å². The third-order valence-electron chi connectivity index (χ3n) is 6.76. The second kappa shape index (κ2) is 9.27. The van der Waals surface area contributed by atoms with Crippen LogP contribution in [0, 0.1) is 5.92 Å². The van der Waals surface area contributed by atoms with Crippen molar-refractivity contribution in [1.29, 1.82) is 0 Å². The van der Waals surface area contributed by atoms with Crippen molar-refractivity contribution in [2.45, 2.75) is 44.3 Å². The van der Waals surface area contributed by atoms with Crippen LogP contribution in [-0.2, 0) is 0 Å². The van der Waals surface area contributed by atoms with E-state index in [1.54, 1.807) is 12.3 Å². The zero-order valence-electron chi connectivity index (χ0n) is 19.3. The molecule has 1 aromatic heterocycles. The molecule has 1 saturated carbocycles. The van der Waals surface area contributed by atoms with E-state index in [2.05, 4.69) is 15.2 Å². The van der Waals surface area contributed by atoms with E-state index in [1.807, 2.05) is 42.2 Å². The number of hydrogen-bond donors (Lipinski definition) is 1. The van der Waals surface area contributed by atoms with Gasteiger partial charge in [-0.15, -0.1) is 0 Å². The van der Waals surface area contributed by atoms with E-state index in [4.69, 9.17) is 9.47 Å². The summed E-state index contributed by atoms with van der Waals surface area (Å²) in [5, 5.41) is 3.03. The highest BCUT2D eigenvalue weighted by molar-refractivity contribution is 5.75. The molecule has 3 atom stereocenters. The molecule has 9 heteroatoms. The monoisotopic (exact) mass is 472 g/mol. The first-order valence-electron chi connectivity index (χ1n) is 11.9. The van der Waals surface area contributed by atoms with Gasteiger partial charge in [-0.3, -0.25) is 0 Å². The van der Waals surface area contributed by atoms with Gasteiger partial charge in [-0.2, -0.15) is 0 Å². The molecule has 3 heterocycles. The van der Waals surface area contributed by atoms with E-state index >= 15 is 0 Å². The van der Waals surface area contributed by atoms with Crippen LogP contribution >= 0.6 is 0 Å². The Morgan fingerprint density at radius 2 is 1.91 bits per heavy atom. The summed E-state index contributed by atoms with van der Waals surface area (Å²) < 4.78 is 37.5. The van der Waals surface area contributed by atoms with Crippen molar-refractivity contribution in [2.75, 3.05) is 37.7 Å². The van der Waals surface area contributed by atoms with Crippen molar-refractivity contribution in [3.63, 3.8) is 0 Å². The number of anilines is 1. The van der Waals surface area contributed by atoms with Gasteiger partial charge >= 0.3 is 6.03 Å². The number of rotatable bonds is 8. The molecule has 2 aliphatic heterocycles. The van der Waals surface area contributed by atoms with Gasteiger partial charge < -0.3 is 24.6 Å². The highest BCUT2D eigenvalue weighted by Crippen LogP contribution is 2.48. The average molecular weight is 473 g/mol. The van der Waals surface area contributed by atoms with E-state index in [1.165, 1.54) is 0 Å². The Bertz CT molecular complexity index is 998. The van der Waals surface area contributed by atoms with Crippen molar-refractivity contribution in [3.05, 3.63) is 48.2 Å². The first-order valence-corrected chi connectivity index (χ1v) is 11.9. The van der Waals surface area contributed by atoms with Gasteiger partial charge in [0.25, 0.3) is 5.92 Å². The summed E-state index contributed by atoms with van der Waals surface area (Å²) in [6, 6.07) is 11.4. The van der Waals surface area contributed by atoms with Crippen molar-refractivity contribution in [3.8, 4) is 11.5 Å².